The van der Waals surface area contributed by atoms with E-state index in [0.717, 1.165) is 5.69 Å². The molecule has 1 aromatic rings. The summed E-state index contributed by atoms with van der Waals surface area (Å²) in [5.41, 5.74) is 6.00. The summed E-state index contributed by atoms with van der Waals surface area (Å²) < 4.78 is 0. The number of halogens is 3. The number of aromatic nitrogens is 2. The van der Waals surface area contributed by atoms with Crippen molar-refractivity contribution >= 4 is 43.2 Å². The second kappa shape index (κ2) is 9.08. The van der Waals surface area contributed by atoms with Crippen LogP contribution < -0.4 is 5.73 Å². The first-order valence-corrected chi connectivity index (χ1v) is 3.16. The highest BCUT2D eigenvalue weighted by molar-refractivity contribution is 5.86. The fraction of sp³-hybridized carbons (Fsp3) is 0.333. The van der Waals surface area contributed by atoms with Crippen molar-refractivity contribution in [2.24, 2.45) is 5.73 Å². The molecule has 1 atom stereocenters. The lowest BCUT2D eigenvalue weighted by Gasteiger charge is -2.02. The van der Waals surface area contributed by atoms with Crippen LogP contribution in [0.4, 0.5) is 0 Å². The van der Waals surface area contributed by atoms with Crippen LogP contribution in [0.5, 0.6) is 0 Å². The number of carbonyl (C=O) groups is 1. The molecule has 8 heteroatoms. The lowest BCUT2D eigenvalue weighted by atomic mass is 10.2. The molecular formula is C6H12Cl3N3O2. The maximum Gasteiger partial charge on any atom is 0.320 e. The number of aromatic amines is 1. The van der Waals surface area contributed by atoms with E-state index in [9.17, 15) is 4.79 Å². The zero-order valence-electron chi connectivity index (χ0n) is 7.04. The van der Waals surface area contributed by atoms with Gasteiger partial charge in [-0.1, -0.05) is 0 Å². The van der Waals surface area contributed by atoms with E-state index in [1.807, 2.05) is 0 Å². The van der Waals surface area contributed by atoms with Crippen molar-refractivity contribution in [1.29, 1.82) is 0 Å². The quantitative estimate of drug-likeness (QED) is 0.746. The van der Waals surface area contributed by atoms with E-state index in [2.05, 4.69) is 9.97 Å². The minimum absolute atomic E-state index is 0. The maximum atomic E-state index is 10.3. The zero-order chi connectivity index (χ0) is 8.27. The Hall–Kier alpha value is -0.490. The van der Waals surface area contributed by atoms with E-state index < -0.39 is 12.0 Å². The second-order valence-electron chi connectivity index (χ2n) is 2.23. The smallest absolute Gasteiger partial charge is 0.320 e. The van der Waals surface area contributed by atoms with E-state index in [4.69, 9.17) is 10.8 Å². The average Bonchev–Trinajstić information content (AvgIpc) is 2.39. The van der Waals surface area contributed by atoms with Gasteiger partial charge in [-0.05, 0) is 0 Å². The van der Waals surface area contributed by atoms with Crippen LogP contribution in [0.3, 0.4) is 0 Å². The Bertz CT molecular complexity index is 242. The molecule has 0 bridgehead atoms. The number of H-pyrrole nitrogens is 1. The normalized spacial score (nSPS) is 10.1. The third-order valence-corrected chi connectivity index (χ3v) is 1.31. The van der Waals surface area contributed by atoms with Gasteiger partial charge in [0, 0.05) is 18.3 Å². The number of nitrogens with two attached hydrogens (primary N) is 1. The number of hydrogen-bond donors (Lipinski definition) is 3. The van der Waals surface area contributed by atoms with Crippen molar-refractivity contribution in [3.63, 3.8) is 0 Å². The summed E-state index contributed by atoms with van der Waals surface area (Å²) in [5, 5.41) is 8.42. The van der Waals surface area contributed by atoms with Gasteiger partial charge in [0.25, 0.3) is 0 Å². The first-order chi connectivity index (χ1) is 5.20. The number of carboxylic acids is 1. The molecule has 0 aliphatic carbocycles. The monoisotopic (exact) mass is 263 g/mol. The van der Waals surface area contributed by atoms with Gasteiger partial charge in [-0.25, -0.2) is 4.98 Å². The third kappa shape index (κ3) is 6.04. The summed E-state index contributed by atoms with van der Waals surface area (Å²) in [6, 6.07) is -0.851. The van der Waals surface area contributed by atoms with E-state index in [-0.39, 0.29) is 43.6 Å². The van der Waals surface area contributed by atoms with Crippen LogP contribution >= 0.6 is 37.2 Å². The molecule has 0 aliphatic heterocycles. The molecule has 84 valence electrons. The van der Waals surface area contributed by atoms with Gasteiger partial charge < -0.3 is 15.8 Å². The topological polar surface area (TPSA) is 92.0 Å². The lowest BCUT2D eigenvalue weighted by Crippen LogP contribution is -2.32. The van der Waals surface area contributed by atoms with Crippen molar-refractivity contribution in [3.8, 4) is 0 Å². The van der Waals surface area contributed by atoms with Crippen LogP contribution in [-0.2, 0) is 11.2 Å². The molecule has 0 unspecified atom stereocenters. The number of aliphatic carboxylic acids is 1. The minimum Gasteiger partial charge on any atom is -0.480 e. The Morgan fingerprint density at radius 1 is 1.57 bits per heavy atom. The predicted octanol–water partition coefficient (Wildman–Crippen LogP) is 0.629. The molecule has 0 saturated carbocycles. The fourth-order valence-electron chi connectivity index (χ4n) is 0.721. The third-order valence-electron chi connectivity index (χ3n) is 1.31. The molecular weight excluding hydrogens is 252 g/mol. The van der Waals surface area contributed by atoms with E-state index in [1.165, 1.54) is 6.33 Å². The largest absolute Gasteiger partial charge is 0.480 e. The van der Waals surface area contributed by atoms with Gasteiger partial charge >= 0.3 is 5.97 Å². The predicted molar refractivity (Wildman–Crippen MR) is 59.6 cm³/mol. The van der Waals surface area contributed by atoms with Crippen LogP contribution in [-0.4, -0.2) is 27.1 Å². The lowest BCUT2D eigenvalue weighted by molar-refractivity contribution is -0.138. The number of rotatable bonds is 3. The maximum absolute atomic E-state index is 10.3. The summed E-state index contributed by atoms with van der Waals surface area (Å²) in [4.78, 5) is 16.8. The Balaban J connectivity index is -0.000000403. The van der Waals surface area contributed by atoms with Crippen LogP contribution in [0.1, 0.15) is 5.69 Å². The molecule has 1 heterocycles. The molecule has 14 heavy (non-hydrogen) atoms. The number of carboxylic acid groups (broad SMARTS) is 1. The Morgan fingerprint density at radius 3 is 2.50 bits per heavy atom. The van der Waals surface area contributed by atoms with E-state index in [1.54, 1.807) is 6.20 Å². The summed E-state index contributed by atoms with van der Waals surface area (Å²) in [7, 11) is 0. The summed E-state index contributed by atoms with van der Waals surface area (Å²) in [6.07, 6.45) is 3.34. The molecule has 0 amide bonds. The highest BCUT2D eigenvalue weighted by atomic mass is 35.5. The SMILES string of the molecule is Cl.Cl.Cl.N[C@@H](Cc1cnc[nH]1)C(=O)O. The van der Waals surface area contributed by atoms with Gasteiger partial charge in [0.1, 0.15) is 6.04 Å². The van der Waals surface area contributed by atoms with Crippen LogP contribution in [0.2, 0.25) is 0 Å². The summed E-state index contributed by atoms with van der Waals surface area (Å²) in [6.45, 7) is 0. The zero-order valence-corrected chi connectivity index (χ0v) is 9.49. The van der Waals surface area contributed by atoms with Gasteiger partial charge in [-0.2, -0.15) is 0 Å². The number of hydrogen-bond acceptors (Lipinski definition) is 3. The highest BCUT2D eigenvalue weighted by Crippen LogP contribution is 1.95. The molecule has 0 aromatic carbocycles. The van der Waals surface area contributed by atoms with Gasteiger partial charge in [-0.15, -0.1) is 37.2 Å². The Morgan fingerprint density at radius 2 is 2.14 bits per heavy atom. The van der Waals surface area contributed by atoms with E-state index in [0.29, 0.717) is 0 Å². The van der Waals surface area contributed by atoms with Crippen molar-refractivity contribution in [3.05, 3.63) is 18.2 Å². The van der Waals surface area contributed by atoms with Crippen molar-refractivity contribution in [2.75, 3.05) is 0 Å². The fourth-order valence-corrected chi connectivity index (χ4v) is 0.721. The minimum atomic E-state index is -1.00. The second-order valence-corrected chi connectivity index (χ2v) is 2.23. The Labute approximate surface area is 99.7 Å². The van der Waals surface area contributed by atoms with Crippen LogP contribution in [0.15, 0.2) is 12.5 Å². The number of nitrogens with one attached hydrogen (secondary N) is 1. The summed E-state index contributed by atoms with van der Waals surface area (Å²) >= 11 is 0. The number of imidazole rings is 1. The molecule has 4 N–H and O–H groups in total. The Kier molecular flexibility index (Phi) is 12.4. The average molecular weight is 265 g/mol. The summed E-state index contributed by atoms with van der Waals surface area (Å²) in [5.74, 6) is -1.00. The van der Waals surface area contributed by atoms with Gasteiger partial charge in [0.2, 0.25) is 0 Å². The molecule has 1 aromatic heterocycles. The molecule has 0 fully saturated rings. The highest BCUT2D eigenvalue weighted by Gasteiger charge is 2.11. The number of nitrogens with zero attached hydrogens (tertiary/aromatic N) is 1. The van der Waals surface area contributed by atoms with Crippen molar-refractivity contribution < 1.29 is 9.90 Å². The van der Waals surface area contributed by atoms with E-state index >= 15 is 0 Å². The van der Waals surface area contributed by atoms with Gasteiger partial charge in [0.15, 0.2) is 0 Å². The van der Waals surface area contributed by atoms with Gasteiger partial charge in [0.05, 0.1) is 6.33 Å². The molecule has 0 saturated heterocycles. The first kappa shape index (κ1) is 19.1. The van der Waals surface area contributed by atoms with Crippen LogP contribution in [0.25, 0.3) is 0 Å². The van der Waals surface area contributed by atoms with Crippen LogP contribution in [0, 0.1) is 0 Å². The molecule has 1 rings (SSSR count). The molecule has 0 aliphatic rings. The standard InChI is InChI=1S/C6H9N3O2.3ClH/c7-5(6(10)11)1-4-2-8-3-9-4;;;/h2-3,5H,1,7H2,(H,8,9)(H,10,11);3*1H/t5-;;;/m0.../s1. The van der Waals surface area contributed by atoms with Crippen molar-refractivity contribution in [1.82, 2.24) is 9.97 Å². The molecule has 0 spiro atoms. The van der Waals surface area contributed by atoms with Gasteiger partial charge in [-0.3, -0.25) is 4.79 Å². The molecule has 5 nitrogen and oxygen atoms in total. The molecule has 0 radical (unpaired) electrons. The van der Waals surface area contributed by atoms with Crippen molar-refractivity contribution in [2.45, 2.75) is 12.5 Å². The first-order valence-electron chi connectivity index (χ1n) is 3.16.